The molecule has 3 aromatic rings. The maximum absolute atomic E-state index is 9.46. The van der Waals surface area contributed by atoms with Crippen molar-refractivity contribution in [3.8, 4) is 17.1 Å². The summed E-state index contributed by atoms with van der Waals surface area (Å²) in [5.41, 5.74) is 2.91. The first-order valence-electron chi connectivity index (χ1n) is 7.06. The minimum Gasteiger partial charge on any atom is -0.508 e. The van der Waals surface area contributed by atoms with Gasteiger partial charge in [-0.2, -0.15) is 0 Å². The molecule has 4 rings (SSSR count). The Labute approximate surface area is 142 Å². The molecule has 0 atom stereocenters. The second-order valence-corrected chi connectivity index (χ2v) is 6.51. The van der Waals surface area contributed by atoms with Crippen LogP contribution < -0.4 is 0 Å². The van der Waals surface area contributed by atoms with E-state index < -0.39 is 0 Å². The zero-order valence-electron chi connectivity index (χ0n) is 12.0. The van der Waals surface area contributed by atoms with Crippen molar-refractivity contribution in [2.75, 3.05) is 5.75 Å². The molecule has 114 valence electrons. The number of aromatic nitrogens is 3. The normalized spacial score (nSPS) is 13.5. The number of halogens is 1. The molecule has 0 bridgehead atoms. The Hall–Kier alpha value is -2.24. The van der Waals surface area contributed by atoms with E-state index in [1.165, 1.54) is 0 Å². The Bertz CT molecular complexity index is 885. The predicted molar refractivity (Wildman–Crippen MR) is 92.7 cm³/mol. The van der Waals surface area contributed by atoms with Crippen LogP contribution in [0.5, 0.6) is 5.75 Å². The Kier molecular flexibility index (Phi) is 3.59. The summed E-state index contributed by atoms with van der Waals surface area (Å²) in [4.78, 5) is 4.63. The van der Waals surface area contributed by atoms with E-state index in [9.17, 15) is 5.11 Å². The van der Waals surface area contributed by atoms with Crippen molar-refractivity contribution in [1.82, 2.24) is 14.8 Å². The molecule has 0 saturated heterocycles. The van der Waals surface area contributed by atoms with Crippen LogP contribution in [-0.2, 0) is 0 Å². The average Bonchev–Trinajstić information content (AvgIpc) is 3.00. The third kappa shape index (κ3) is 2.73. The molecule has 1 aromatic heterocycles. The highest BCUT2D eigenvalue weighted by Crippen LogP contribution is 2.32. The topological polar surface area (TPSA) is 50.9 Å². The molecule has 6 heteroatoms. The van der Waals surface area contributed by atoms with E-state index in [1.807, 2.05) is 41.1 Å². The van der Waals surface area contributed by atoms with Crippen molar-refractivity contribution in [2.45, 2.75) is 5.16 Å². The number of aromatic hydroxyl groups is 1. The van der Waals surface area contributed by atoms with Crippen molar-refractivity contribution in [3.63, 3.8) is 0 Å². The van der Waals surface area contributed by atoms with E-state index in [2.05, 4.69) is 16.2 Å². The van der Waals surface area contributed by atoms with Crippen LogP contribution in [-0.4, -0.2) is 25.6 Å². The Morgan fingerprint density at radius 1 is 1.00 bits per heavy atom. The minimum absolute atomic E-state index is 0.250. The van der Waals surface area contributed by atoms with E-state index in [-0.39, 0.29) is 5.75 Å². The third-order valence-corrected chi connectivity index (χ3v) is 4.67. The van der Waals surface area contributed by atoms with E-state index >= 15 is 0 Å². The molecule has 0 amide bonds. The van der Waals surface area contributed by atoms with Crippen LogP contribution in [0.25, 0.3) is 17.1 Å². The molecule has 0 unspecified atom stereocenters. The van der Waals surface area contributed by atoms with Crippen LogP contribution in [0.15, 0.2) is 59.8 Å². The standard InChI is InChI=1S/C17H12ClN3OS/c18-13-5-1-12(2-6-13)16-19-17-21(20-16)15(9-10-23-17)11-3-7-14(22)8-4-11/h1-9,22H,10H2. The SMILES string of the molecule is Oc1ccc(C2=CCSc3nc(-c4ccc(Cl)cc4)nn32)cc1. The molecule has 0 spiro atoms. The first-order valence-corrected chi connectivity index (χ1v) is 8.43. The number of hydrogen-bond donors (Lipinski definition) is 1. The number of benzene rings is 2. The fourth-order valence-corrected chi connectivity index (χ4v) is 3.35. The smallest absolute Gasteiger partial charge is 0.191 e. The fraction of sp³-hybridized carbons (Fsp3) is 0.0588. The van der Waals surface area contributed by atoms with Crippen LogP contribution >= 0.6 is 23.4 Å². The number of rotatable bonds is 2. The lowest BCUT2D eigenvalue weighted by atomic mass is 10.1. The molecule has 0 saturated carbocycles. The lowest BCUT2D eigenvalue weighted by Crippen LogP contribution is -2.07. The van der Waals surface area contributed by atoms with E-state index in [0.717, 1.165) is 27.7 Å². The van der Waals surface area contributed by atoms with E-state index in [0.29, 0.717) is 10.8 Å². The fourth-order valence-electron chi connectivity index (χ4n) is 2.42. The van der Waals surface area contributed by atoms with Crippen LogP contribution in [0.2, 0.25) is 5.02 Å². The molecular weight excluding hydrogens is 330 g/mol. The Morgan fingerprint density at radius 2 is 1.70 bits per heavy atom. The number of hydrogen-bond acceptors (Lipinski definition) is 4. The summed E-state index contributed by atoms with van der Waals surface area (Å²) in [5, 5.41) is 15.7. The lowest BCUT2D eigenvalue weighted by molar-refractivity contribution is 0.475. The van der Waals surface area contributed by atoms with Gasteiger partial charge in [-0.25, -0.2) is 9.67 Å². The number of phenolic OH excluding ortho intramolecular Hbond substituents is 1. The van der Waals surface area contributed by atoms with Gasteiger partial charge in [0.05, 0.1) is 5.70 Å². The lowest BCUT2D eigenvalue weighted by Gasteiger charge is -2.14. The summed E-state index contributed by atoms with van der Waals surface area (Å²) >= 11 is 7.58. The number of nitrogens with zero attached hydrogens (tertiary/aromatic N) is 3. The van der Waals surface area contributed by atoms with Gasteiger partial charge in [0, 0.05) is 21.9 Å². The molecule has 2 heterocycles. The van der Waals surface area contributed by atoms with Gasteiger partial charge < -0.3 is 5.11 Å². The second kappa shape index (κ2) is 5.76. The highest BCUT2D eigenvalue weighted by Gasteiger charge is 2.19. The number of phenols is 1. The molecule has 23 heavy (non-hydrogen) atoms. The van der Waals surface area contributed by atoms with Crippen molar-refractivity contribution < 1.29 is 5.11 Å². The van der Waals surface area contributed by atoms with E-state index in [1.54, 1.807) is 23.9 Å². The van der Waals surface area contributed by atoms with E-state index in [4.69, 9.17) is 11.6 Å². The predicted octanol–water partition coefficient (Wildman–Crippen LogP) is 4.30. The van der Waals surface area contributed by atoms with Crippen LogP contribution in [0.4, 0.5) is 0 Å². The molecule has 1 aliphatic rings. The molecule has 1 aliphatic heterocycles. The summed E-state index contributed by atoms with van der Waals surface area (Å²) in [5.74, 6) is 1.77. The number of thioether (sulfide) groups is 1. The maximum Gasteiger partial charge on any atom is 0.191 e. The van der Waals surface area contributed by atoms with Gasteiger partial charge in [0.2, 0.25) is 0 Å². The summed E-state index contributed by atoms with van der Waals surface area (Å²) in [6, 6.07) is 14.6. The van der Waals surface area contributed by atoms with Crippen molar-refractivity contribution in [1.29, 1.82) is 0 Å². The number of fused-ring (bicyclic) bond motifs is 1. The zero-order chi connectivity index (χ0) is 15.8. The van der Waals surface area contributed by atoms with Gasteiger partial charge in [-0.1, -0.05) is 23.4 Å². The molecule has 0 fully saturated rings. The summed E-state index contributed by atoms with van der Waals surface area (Å²) in [7, 11) is 0. The summed E-state index contributed by atoms with van der Waals surface area (Å²) in [6.07, 6.45) is 2.12. The first kappa shape index (κ1) is 14.4. The monoisotopic (exact) mass is 341 g/mol. The Morgan fingerprint density at radius 3 is 2.43 bits per heavy atom. The summed E-state index contributed by atoms with van der Waals surface area (Å²) < 4.78 is 1.85. The zero-order valence-corrected chi connectivity index (χ0v) is 13.6. The second-order valence-electron chi connectivity index (χ2n) is 5.08. The van der Waals surface area contributed by atoms with Crippen molar-refractivity contribution >= 4 is 29.1 Å². The van der Waals surface area contributed by atoms with Gasteiger partial charge in [-0.05, 0) is 54.6 Å². The van der Waals surface area contributed by atoms with Crippen LogP contribution in [0, 0.1) is 0 Å². The quantitative estimate of drug-likeness (QED) is 0.755. The highest BCUT2D eigenvalue weighted by atomic mass is 35.5. The van der Waals surface area contributed by atoms with Gasteiger partial charge in [-0.3, -0.25) is 0 Å². The molecular formula is C17H12ClN3OS. The minimum atomic E-state index is 0.250. The highest BCUT2D eigenvalue weighted by molar-refractivity contribution is 7.99. The average molecular weight is 342 g/mol. The molecule has 2 aromatic carbocycles. The van der Waals surface area contributed by atoms with Gasteiger partial charge in [0.1, 0.15) is 5.75 Å². The van der Waals surface area contributed by atoms with Crippen LogP contribution in [0.3, 0.4) is 0 Å². The summed E-state index contributed by atoms with van der Waals surface area (Å²) in [6.45, 7) is 0. The van der Waals surface area contributed by atoms with Crippen molar-refractivity contribution in [2.24, 2.45) is 0 Å². The third-order valence-electron chi connectivity index (χ3n) is 3.56. The molecule has 4 nitrogen and oxygen atoms in total. The molecule has 0 aliphatic carbocycles. The van der Waals surface area contributed by atoms with Gasteiger partial charge in [0.15, 0.2) is 11.0 Å². The van der Waals surface area contributed by atoms with Crippen LogP contribution in [0.1, 0.15) is 5.56 Å². The van der Waals surface area contributed by atoms with Gasteiger partial charge in [0.25, 0.3) is 0 Å². The van der Waals surface area contributed by atoms with Gasteiger partial charge in [-0.15, -0.1) is 5.10 Å². The van der Waals surface area contributed by atoms with Crippen molar-refractivity contribution in [3.05, 3.63) is 65.2 Å². The Balaban J connectivity index is 1.76. The first-order chi connectivity index (χ1) is 11.2. The largest absolute Gasteiger partial charge is 0.508 e. The molecule has 0 radical (unpaired) electrons. The maximum atomic E-state index is 9.46. The van der Waals surface area contributed by atoms with Gasteiger partial charge >= 0.3 is 0 Å². The molecule has 1 N–H and O–H groups in total.